The molecule has 4 rings (SSSR count). The average Bonchev–Trinajstić information content (AvgIpc) is 3.00. The van der Waals surface area contributed by atoms with Gasteiger partial charge in [0.25, 0.3) is 0 Å². The quantitative estimate of drug-likeness (QED) is 0.663. The topological polar surface area (TPSA) is 93.8 Å². The van der Waals surface area contributed by atoms with Gasteiger partial charge in [0, 0.05) is 30.0 Å². The third-order valence-corrected chi connectivity index (χ3v) is 4.93. The Bertz CT molecular complexity index is 1040. The summed E-state index contributed by atoms with van der Waals surface area (Å²) in [6, 6.07) is 7.27. The van der Waals surface area contributed by atoms with Gasteiger partial charge in [-0.1, -0.05) is 12.1 Å². The summed E-state index contributed by atoms with van der Waals surface area (Å²) < 4.78 is 8.68. The van der Waals surface area contributed by atoms with Crippen molar-refractivity contribution in [1.82, 2.24) is 19.2 Å². The minimum absolute atomic E-state index is 0.190. The molecule has 0 saturated carbocycles. The number of nitrogens with one attached hydrogen (secondary N) is 1. The fourth-order valence-electron chi connectivity index (χ4n) is 2.92. The van der Waals surface area contributed by atoms with Crippen molar-refractivity contribution in [3.05, 3.63) is 51.6 Å². The Morgan fingerprint density at radius 2 is 2.04 bits per heavy atom. The van der Waals surface area contributed by atoms with Crippen LogP contribution in [0.15, 0.2) is 45.9 Å². The standard InChI is InChI=1S/C17H17BrN6O3/c18-12-3-1-2-4-13(12)20-14(25)11-24-17(26)23-6-5-19-15(16(23)21-24)22-7-9-27-10-8-22/h1-6H,7-11H2,(H,20,25). The first kappa shape index (κ1) is 17.7. The van der Waals surface area contributed by atoms with Crippen LogP contribution in [0.2, 0.25) is 0 Å². The van der Waals surface area contributed by atoms with Crippen molar-refractivity contribution in [2.24, 2.45) is 0 Å². The van der Waals surface area contributed by atoms with Crippen LogP contribution in [0.4, 0.5) is 11.5 Å². The minimum Gasteiger partial charge on any atom is -0.378 e. The molecule has 3 aromatic rings. The predicted octanol–water partition coefficient (Wildman–Crippen LogP) is 1.13. The summed E-state index contributed by atoms with van der Waals surface area (Å²) in [6.45, 7) is 2.36. The highest BCUT2D eigenvalue weighted by Gasteiger charge is 2.20. The Balaban J connectivity index is 1.61. The number of anilines is 2. The molecule has 1 fully saturated rings. The SMILES string of the molecule is O=C(Cn1nc2c(N3CCOCC3)nccn2c1=O)Nc1ccccc1Br. The number of fused-ring (bicyclic) bond motifs is 1. The molecule has 9 nitrogen and oxygen atoms in total. The summed E-state index contributed by atoms with van der Waals surface area (Å²) in [4.78, 5) is 31.4. The van der Waals surface area contributed by atoms with Crippen LogP contribution < -0.4 is 15.9 Å². The zero-order valence-corrected chi connectivity index (χ0v) is 15.9. The molecule has 1 amide bonds. The van der Waals surface area contributed by atoms with E-state index in [1.54, 1.807) is 18.5 Å². The summed E-state index contributed by atoms with van der Waals surface area (Å²) in [5.74, 6) is 0.274. The number of hydrogen-bond donors (Lipinski definition) is 1. The zero-order chi connectivity index (χ0) is 18.8. The van der Waals surface area contributed by atoms with Crippen LogP contribution in [-0.2, 0) is 16.1 Å². The molecule has 1 saturated heterocycles. The van der Waals surface area contributed by atoms with Crippen molar-refractivity contribution in [3.63, 3.8) is 0 Å². The molecular weight excluding hydrogens is 416 g/mol. The Morgan fingerprint density at radius 3 is 2.81 bits per heavy atom. The highest BCUT2D eigenvalue weighted by atomic mass is 79.9. The van der Waals surface area contributed by atoms with Gasteiger partial charge in [-0.25, -0.2) is 18.9 Å². The molecule has 0 aliphatic carbocycles. The molecule has 10 heteroatoms. The van der Waals surface area contributed by atoms with Gasteiger partial charge in [0.05, 0.1) is 18.9 Å². The summed E-state index contributed by atoms with van der Waals surface area (Å²) >= 11 is 3.38. The number of benzene rings is 1. The maximum absolute atomic E-state index is 12.6. The number of hydrogen-bond acceptors (Lipinski definition) is 6. The van der Waals surface area contributed by atoms with E-state index >= 15 is 0 Å². The van der Waals surface area contributed by atoms with Crippen LogP contribution in [-0.4, -0.2) is 51.4 Å². The molecule has 2 aromatic heterocycles. The number of carbonyl (C=O) groups excluding carboxylic acids is 1. The summed E-state index contributed by atoms with van der Waals surface area (Å²) in [7, 11) is 0. The van der Waals surface area contributed by atoms with Gasteiger partial charge >= 0.3 is 5.69 Å². The number of ether oxygens (including phenoxy) is 1. The van der Waals surface area contributed by atoms with Gasteiger partial charge in [-0.3, -0.25) is 4.79 Å². The van der Waals surface area contributed by atoms with E-state index in [-0.39, 0.29) is 18.1 Å². The van der Waals surface area contributed by atoms with Crippen molar-refractivity contribution in [2.45, 2.75) is 6.54 Å². The predicted molar refractivity (Wildman–Crippen MR) is 103 cm³/mol. The van der Waals surface area contributed by atoms with Crippen LogP contribution in [0, 0.1) is 0 Å². The molecule has 3 heterocycles. The first-order chi connectivity index (χ1) is 13.1. The van der Waals surface area contributed by atoms with Gasteiger partial charge in [0.2, 0.25) is 11.6 Å². The number of nitrogens with zero attached hydrogens (tertiary/aromatic N) is 5. The van der Waals surface area contributed by atoms with Crippen LogP contribution >= 0.6 is 15.9 Å². The van der Waals surface area contributed by atoms with Crippen LogP contribution in [0.5, 0.6) is 0 Å². The highest BCUT2D eigenvalue weighted by Crippen LogP contribution is 2.21. The van der Waals surface area contributed by atoms with E-state index in [4.69, 9.17) is 4.74 Å². The maximum atomic E-state index is 12.6. The van der Waals surface area contributed by atoms with E-state index in [1.807, 2.05) is 23.1 Å². The first-order valence-electron chi connectivity index (χ1n) is 8.45. The van der Waals surface area contributed by atoms with Crippen molar-refractivity contribution in [1.29, 1.82) is 0 Å². The van der Waals surface area contributed by atoms with E-state index in [9.17, 15) is 9.59 Å². The van der Waals surface area contributed by atoms with Gasteiger partial charge in [-0.2, -0.15) is 0 Å². The Hall–Kier alpha value is -2.72. The maximum Gasteiger partial charge on any atom is 0.350 e. The number of aromatic nitrogens is 4. The molecule has 27 heavy (non-hydrogen) atoms. The molecule has 0 radical (unpaired) electrons. The highest BCUT2D eigenvalue weighted by molar-refractivity contribution is 9.10. The normalized spacial score (nSPS) is 14.5. The van der Waals surface area contributed by atoms with E-state index in [1.165, 1.54) is 4.40 Å². The molecular formula is C17H17BrN6O3. The average molecular weight is 433 g/mol. The molecule has 1 aliphatic rings. The molecule has 0 atom stereocenters. The van der Waals surface area contributed by atoms with Gasteiger partial charge in [-0.05, 0) is 28.1 Å². The number of morpholine rings is 1. The molecule has 0 unspecified atom stereocenters. The van der Waals surface area contributed by atoms with Crippen LogP contribution in [0.25, 0.3) is 5.65 Å². The first-order valence-corrected chi connectivity index (χ1v) is 9.24. The Labute approximate surface area is 162 Å². The van der Waals surface area contributed by atoms with Gasteiger partial charge < -0.3 is 15.0 Å². The van der Waals surface area contributed by atoms with Crippen LogP contribution in [0.1, 0.15) is 0 Å². The molecule has 140 valence electrons. The molecule has 1 aromatic carbocycles. The molecule has 1 aliphatic heterocycles. The third kappa shape index (κ3) is 3.58. The monoisotopic (exact) mass is 432 g/mol. The lowest BCUT2D eigenvalue weighted by Gasteiger charge is -2.27. The zero-order valence-electron chi connectivity index (χ0n) is 14.3. The van der Waals surface area contributed by atoms with Gasteiger partial charge in [0.15, 0.2) is 5.82 Å². The van der Waals surface area contributed by atoms with Crippen LogP contribution in [0.3, 0.4) is 0 Å². The Kier molecular flexibility index (Phi) is 4.90. The largest absolute Gasteiger partial charge is 0.378 e. The van der Waals surface area contributed by atoms with E-state index in [0.717, 1.165) is 9.15 Å². The number of halogens is 1. The fraction of sp³-hybridized carbons (Fsp3) is 0.294. The van der Waals surface area contributed by atoms with Gasteiger partial charge in [-0.15, -0.1) is 5.10 Å². The van der Waals surface area contributed by atoms with Crippen molar-refractivity contribution < 1.29 is 9.53 Å². The lowest BCUT2D eigenvalue weighted by Crippen LogP contribution is -2.37. The lowest BCUT2D eigenvalue weighted by atomic mass is 10.3. The molecule has 0 bridgehead atoms. The Morgan fingerprint density at radius 1 is 1.26 bits per heavy atom. The number of carbonyl (C=O) groups is 1. The fourth-order valence-corrected chi connectivity index (χ4v) is 3.31. The number of para-hydroxylation sites is 1. The van der Waals surface area contributed by atoms with Gasteiger partial charge in [0.1, 0.15) is 6.54 Å². The van der Waals surface area contributed by atoms with Crippen molar-refractivity contribution >= 4 is 39.0 Å². The van der Waals surface area contributed by atoms with E-state index < -0.39 is 0 Å². The van der Waals surface area contributed by atoms with Crippen molar-refractivity contribution in [2.75, 3.05) is 36.5 Å². The second-order valence-corrected chi connectivity index (χ2v) is 6.87. The molecule has 0 spiro atoms. The smallest absolute Gasteiger partial charge is 0.350 e. The number of rotatable bonds is 4. The van der Waals surface area contributed by atoms with E-state index in [2.05, 4.69) is 31.3 Å². The lowest BCUT2D eigenvalue weighted by molar-refractivity contribution is -0.117. The summed E-state index contributed by atoms with van der Waals surface area (Å²) in [5.41, 5.74) is 0.678. The molecule has 1 N–H and O–H groups in total. The van der Waals surface area contributed by atoms with E-state index in [0.29, 0.717) is 43.5 Å². The summed E-state index contributed by atoms with van der Waals surface area (Å²) in [5, 5.41) is 7.11. The summed E-state index contributed by atoms with van der Waals surface area (Å²) in [6.07, 6.45) is 3.11. The minimum atomic E-state index is -0.385. The second kappa shape index (κ2) is 7.49. The van der Waals surface area contributed by atoms with Crippen molar-refractivity contribution in [3.8, 4) is 0 Å². The third-order valence-electron chi connectivity index (χ3n) is 4.24. The second-order valence-electron chi connectivity index (χ2n) is 6.01. The number of amides is 1.